The molecule has 1 aromatic carbocycles. The van der Waals surface area contributed by atoms with E-state index in [0.29, 0.717) is 0 Å². The molecule has 2 rings (SSSR count). The Hall–Kier alpha value is -1.33. The van der Waals surface area contributed by atoms with Gasteiger partial charge < -0.3 is 5.32 Å². The lowest BCUT2D eigenvalue weighted by atomic mass is 10.1. The number of nitrogens with one attached hydrogen (secondary N) is 2. The summed E-state index contributed by atoms with van der Waals surface area (Å²) in [5.74, 6) is 0.846. The van der Waals surface area contributed by atoms with Gasteiger partial charge in [-0.05, 0) is 49.3 Å². The molecule has 96 valence electrons. The standard InChI is InChI=1S/C13H18N4S/c1-4-14-8-11-5-6-12(9(2)7-11)18-13-15-10(3)16-17-13/h5-7,14H,4,8H2,1-3H3,(H,15,16,17). The quantitative estimate of drug-likeness (QED) is 0.870. The first-order valence-corrected chi connectivity index (χ1v) is 6.87. The van der Waals surface area contributed by atoms with Gasteiger partial charge >= 0.3 is 0 Å². The van der Waals surface area contributed by atoms with Gasteiger partial charge in [-0.25, -0.2) is 4.98 Å². The summed E-state index contributed by atoms with van der Waals surface area (Å²) in [6.07, 6.45) is 0. The van der Waals surface area contributed by atoms with E-state index in [1.807, 2.05) is 6.92 Å². The van der Waals surface area contributed by atoms with Crippen molar-refractivity contribution >= 4 is 11.8 Å². The van der Waals surface area contributed by atoms with Crippen LogP contribution in [0.1, 0.15) is 23.9 Å². The molecular weight excluding hydrogens is 244 g/mol. The van der Waals surface area contributed by atoms with Crippen LogP contribution in [0.2, 0.25) is 0 Å². The largest absolute Gasteiger partial charge is 0.313 e. The first-order chi connectivity index (χ1) is 8.69. The number of hydrogen-bond acceptors (Lipinski definition) is 4. The van der Waals surface area contributed by atoms with Gasteiger partial charge in [-0.2, -0.15) is 0 Å². The van der Waals surface area contributed by atoms with Crippen molar-refractivity contribution in [1.29, 1.82) is 0 Å². The van der Waals surface area contributed by atoms with E-state index in [0.717, 1.165) is 24.1 Å². The minimum Gasteiger partial charge on any atom is -0.313 e. The van der Waals surface area contributed by atoms with Crippen LogP contribution in [0.4, 0.5) is 0 Å². The van der Waals surface area contributed by atoms with E-state index >= 15 is 0 Å². The van der Waals surface area contributed by atoms with Crippen LogP contribution in [0.3, 0.4) is 0 Å². The molecule has 18 heavy (non-hydrogen) atoms. The van der Waals surface area contributed by atoms with E-state index in [1.165, 1.54) is 16.0 Å². The van der Waals surface area contributed by atoms with Gasteiger partial charge in [-0.3, -0.25) is 5.10 Å². The van der Waals surface area contributed by atoms with E-state index in [2.05, 4.69) is 52.5 Å². The zero-order chi connectivity index (χ0) is 13.0. The van der Waals surface area contributed by atoms with Gasteiger partial charge in [0.05, 0.1) is 0 Å². The van der Waals surface area contributed by atoms with Crippen molar-refractivity contribution in [2.75, 3.05) is 6.54 Å². The van der Waals surface area contributed by atoms with Crippen molar-refractivity contribution in [2.45, 2.75) is 37.4 Å². The van der Waals surface area contributed by atoms with E-state index in [1.54, 1.807) is 11.8 Å². The summed E-state index contributed by atoms with van der Waals surface area (Å²) in [4.78, 5) is 5.51. The molecule has 0 aliphatic heterocycles. The van der Waals surface area contributed by atoms with Crippen LogP contribution in [0.15, 0.2) is 28.3 Å². The maximum absolute atomic E-state index is 4.30. The molecule has 0 atom stereocenters. The molecule has 0 spiro atoms. The van der Waals surface area contributed by atoms with E-state index < -0.39 is 0 Å². The summed E-state index contributed by atoms with van der Waals surface area (Å²) in [7, 11) is 0. The molecule has 1 aromatic heterocycles. The van der Waals surface area contributed by atoms with Crippen molar-refractivity contribution in [3.8, 4) is 0 Å². The van der Waals surface area contributed by atoms with Crippen LogP contribution in [0.25, 0.3) is 0 Å². The third kappa shape index (κ3) is 3.34. The van der Waals surface area contributed by atoms with Gasteiger partial charge in [-0.15, -0.1) is 5.10 Å². The summed E-state index contributed by atoms with van der Waals surface area (Å²) in [5.41, 5.74) is 2.57. The van der Waals surface area contributed by atoms with Gasteiger partial charge in [0.1, 0.15) is 5.82 Å². The fraction of sp³-hybridized carbons (Fsp3) is 0.385. The Morgan fingerprint density at radius 3 is 2.78 bits per heavy atom. The monoisotopic (exact) mass is 262 g/mol. The second kappa shape index (κ2) is 6.02. The topological polar surface area (TPSA) is 53.6 Å². The summed E-state index contributed by atoms with van der Waals surface area (Å²) >= 11 is 1.59. The average Bonchev–Trinajstić information content (AvgIpc) is 2.75. The van der Waals surface area contributed by atoms with Gasteiger partial charge in [0, 0.05) is 11.4 Å². The second-order valence-corrected chi connectivity index (χ2v) is 5.19. The normalized spacial score (nSPS) is 10.8. The van der Waals surface area contributed by atoms with Crippen LogP contribution in [0.5, 0.6) is 0 Å². The molecule has 5 heteroatoms. The molecule has 2 N–H and O–H groups in total. The lowest BCUT2D eigenvalue weighted by Gasteiger charge is -2.07. The molecule has 0 saturated carbocycles. The number of aromatic nitrogens is 3. The molecule has 0 saturated heterocycles. The van der Waals surface area contributed by atoms with Gasteiger partial charge in [-0.1, -0.05) is 19.1 Å². The summed E-state index contributed by atoms with van der Waals surface area (Å²) in [6.45, 7) is 8.05. The lowest BCUT2D eigenvalue weighted by molar-refractivity contribution is 0.726. The van der Waals surface area contributed by atoms with Gasteiger partial charge in [0.2, 0.25) is 5.16 Å². The molecule has 0 radical (unpaired) electrons. The SMILES string of the molecule is CCNCc1ccc(Sc2n[nH]c(C)n2)c(C)c1. The Kier molecular flexibility index (Phi) is 4.38. The molecule has 0 aliphatic carbocycles. The van der Waals surface area contributed by atoms with Gasteiger partial charge in [0.15, 0.2) is 0 Å². The lowest BCUT2D eigenvalue weighted by Crippen LogP contribution is -2.11. The Morgan fingerprint density at radius 1 is 1.33 bits per heavy atom. The van der Waals surface area contributed by atoms with Crippen molar-refractivity contribution in [1.82, 2.24) is 20.5 Å². The van der Waals surface area contributed by atoms with E-state index in [9.17, 15) is 0 Å². The first-order valence-electron chi connectivity index (χ1n) is 6.06. The Labute approximate surface area is 112 Å². The Balaban J connectivity index is 2.09. The maximum Gasteiger partial charge on any atom is 0.213 e. The Bertz CT molecular complexity index is 521. The highest BCUT2D eigenvalue weighted by molar-refractivity contribution is 7.99. The highest BCUT2D eigenvalue weighted by Gasteiger charge is 2.06. The third-order valence-electron chi connectivity index (χ3n) is 2.60. The molecule has 0 unspecified atom stereocenters. The third-order valence-corrected chi connectivity index (χ3v) is 3.64. The number of aromatic amines is 1. The highest BCUT2D eigenvalue weighted by Crippen LogP contribution is 2.28. The van der Waals surface area contributed by atoms with E-state index in [-0.39, 0.29) is 0 Å². The van der Waals surface area contributed by atoms with Crippen molar-refractivity contribution < 1.29 is 0 Å². The average molecular weight is 262 g/mol. The molecule has 2 aromatic rings. The molecule has 4 nitrogen and oxygen atoms in total. The molecular formula is C13H18N4S. The molecule has 0 bridgehead atoms. The van der Waals surface area contributed by atoms with Crippen molar-refractivity contribution in [3.05, 3.63) is 35.2 Å². The predicted molar refractivity (Wildman–Crippen MR) is 73.8 cm³/mol. The van der Waals surface area contributed by atoms with Crippen molar-refractivity contribution in [3.63, 3.8) is 0 Å². The first kappa shape index (κ1) is 13.1. The number of rotatable bonds is 5. The molecule has 1 heterocycles. The minimum atomic E-state index is 0.773. The number of H-pyrrole nitrogens is 1. The van der Waals surface area contributed by atoms with Crippen LogP contribution < -0.4 is 5.32 Å². The minimum absolute atomic E-state index is 0.773. The summed E-state index contributed by atoms with van der Waals surface area (Å²) in [5, 5.41) is 11.1. The fourth-order valence-corrected chi connectivity index (χ4v) is 2.50. The Morgan fingerprint density at radius 2 is 2.17 bits per heavy atom. The molecule has 0 aliphatic rings. The number of nitrogens with zero attached hydrogens (tertiary/aromatic N) is 2. The van der Waals surface area contributed by atoms with Crippen LogP contribution >= 0.6 is 11.8 Å². The summed E-state index contributed by atoms with van der Waals surface area (Å²) in [6, 6.07) is 6.50. The summed E-state index contributed by atoms with van der Waals surface area (Å²) < 4.78 is 0. The second-order valence-electron chi connectivity index (χ2n) is 4.19. The van der Waals surface area contributed by atoms with Crippen molar-refractivity contribution in [2.24, 2.45) is 0 Å². The number of hydrogen-bond donors (Lipinski definition) is 2. The van der Waals surface area contributed by atoms with Crippen LogP contribution in [-0.4, -0.2) is 21.7 Å². The smallest absolute Gasteiger partial charge is 0.213 e. The zero-order valence-electron chi connectivity index (χ0n) is 10.9. The maximum atomic E-state index is 4.30. The van der Waals surface area contributed by atoms with E-state index in [4.69, 9.17) is 0 Å². The zero-order valence-corrected chi connectivity index (χ0v) is 11.8. The number of aryl methyl sites for hydroxylation is 2. The van der Waals surface area contributed by atoms with Crippen LogP contribution in [0, 0.1) is 13.8 Å². The molecule has 0 fully saturated rings. The van der Waals surface area contributed by atoms with Gasteiger partial charge in [0.25, 0.3) is 0 Å². The molecule has 0 amide bonds. The van der Waals surface area contributed by atoms with Crippen LogP contribution in [-0.2, 0) is 6.54 Å². The highest BCUT2D eigenvalue weighted by atomic mass is 32.2. The number of benzene rings is 1. The fourth-order valence-electron chi connectivity index (χ4n) is 1.67. The predicted octanol–water partition coefficient (Wildman–Crippen LogP) is 2.68.